The van der Waals surface area contributed by atoms with Crippen molar-refractivity contribution in [1.82, 2.24) is 0 Å². The number of thiazole rings is 1. The van der Waals surface area contributed by atoms with Crippen LogP contribution in [0.5, 0.6) is 5.75 Å². The lowest BCUT2D eigenvalue weighted by Gasteiger charge is -2.19. The lowest BCUT2D eigenvalue weighted by molar-refractivity contribution is -0.665. The Balaban J connectivity index is 0.000000349. The highest BCUT2D eigenvalue weighted by Gasteiger charge is 2.26. The molecule has 2 heterocycles. The number of halogens is 1. The SMILES string of the molecule is CCN1/C(=C/C=C2\CCCC(/C=C/c3sc4ccccc4[n+]3CC)=C2Cl)Sc2cc(SC)c(OC)cc21.Cc1ccc(S(=O)(=O)[O-])cc1. The van der Waals surface area contributed by atoms with Gasteiger partial charge in [-0.05, 0) is 87.8 Å². The molecule has 6 nitrogen and oxygen atoms in total. The summed E-state index contributed by atoms with van der Waals surface area (Å²) in [5.74, 6) is 0.933. The fourth-order valence-corrected chi connectivity index (χ4v) is 9.35. The molecule has 0 unspecified atom stereocenters. The van der Waals surface area contributed by atoms with Crippen LogP contribution in [0.15, 0.2) is 115 Å². The number of thioether (sulfide) groups is 2. The molecule has 0 spiro atoms. The summed E-state index contributed by atoms with van der Waals surface area (Å²) in [6.45, 7) is 8.07. The minimum atomic E-state index is -4.27. The number of methoxy groups -OCH3 is 1. The molecule has 0 saturated carbocycles. The average molecular weight is 739 g/mol. The number of para-hydroxylation sites is 1. The van der Waals surface area contributed by atoms with Crippen LogP contribution in [0.3, 0.4) is 0 Å². The van der Waals surface area contributed by atoms with Gasteiger partial charge in [-0.2, -0.15) is 4.57 Å². The molecular weight excluding hydrogens is 700 g/mol. The number of rotatable bonds is 8. The summed E-state index contributed by atoms with van der Waals surface area (Å²) in [4.78, 5) is 4.62. The molecule has 11 heteroatoms. The average Bonchev–Trinajstić information content (AvgIpc) is 3.62. The van der Waals surface area contributed by atoms with E-state index in [-0.39, 0.29) is 4.90 Å². The van der Waals surface area contributed by atoms with Gasteiger partial charge in [0.05, 0.1) is 27.6 Å². The van der Waals surface area contributed by atoms with Crippen LogP contribution in [0.1, 0.15) is 43.7 Å². The Kier molecular flexibility index (Phi) is 12.2. The number of nitrogens with zero attached hydrogens (tertiary/aromatic N) is 2. The maximum Gasteiger partial charge on any atom is 0.262 e. The Bertz CT molecular complexity index is 2030. The first-order valence-corrected chi connectivity index (χ1v) is 20.4. The third-order valence-corrected chi connectivity index (χ3v) is 12.5. The number of aromatic nitrogens is 1. The Hall–Kier alpha value is -2.99. The van der Waals surface area contributed by atoms with Crippen LogP contribution in [0.4, 0.5) is 5.69 Å². The molecule has 252 valence electrons. The van der Waals surface area contributed by atoms with Crippen molar-refractivity contribution in [3.05, 3.63) is 111 Å². The van der Waals surface area contributed by atoms with Crippen LogP contribution in [0.2, 0.25) is 0 Å². The summed E-state index contributed by atoms with van der Waals surface area (Å²) in [6.07, 6.45) is 14.2. The predicted octanol–water partition coefficient (Wildman–Crippen LogP) is 9.93. The molecule has 48 heavy (non-hydrogen) atoms. The molecule has 0 saturated heterocycles. The van der Waals surface area contributed by atoms with E-state index in [1.54, 1.807) is 31.0 Å². The van der Waals surface area contributed by atoms with E-state index in [4.69, 9.17) is 16.3 Å². The third kappa shape index (κ3) is 8.23. The smallest absolute Gasteiger partial charge is 0.262 e. The van der Waals surface area contributed by atoms with Crippen LogP contribution >= 0.6 is 46.5 Å². The van der Waals surface area contributed by atoms with E-state index in [0.29, 0.717) is 0 Å². The standard InChI is InChI=1S/C30H32ClN2OS3.C7H8O3S/c1-5-32-22-12-7-8-13-25(22)36-28(32)16-14-20-10-9-11-21(30(20)31)15-17-29-33(6-2)23-18-24(34-3)27(35-4)19-26(23)37-29;1-6-2-4-7(5-3-6)11(8,9)10/h7-8,12-19H,5-6,9-11H2,1-4H3;2-5H,1H3,(H,8,9,10)/q+1;/p-1. The predicted molar refractivity (Wildman–Crippen MR) is 202 cm³/mol. The Labute approximate surface area is 301 Å². The van der Waals surface area contributed by atoms with E-state index in [0.717, 1.165) is 48.7 Å². The second-order valence-electron chi connectivity index (χ2n) is 11.2. The van der Waals surface area contributed by atoms with Crippen molar-refractivity contribution in [2.24, 2.45) is 0 Å². The fourth-order valence-electron chi connectivity index (χ4n) is 5.64. The first kappa shape index (κ1) is 36.3. The molecule has 2 aliphatic rings. The van der Waals surface area contributed by atoms with Crippen molar-refractivity contribution in [1.29, 1.82) is 0 Å². The molecule has 0 radical (unpaired) electrons. The molecule has 4 aromatic rings. The van der Waals surface area contributed by atoms with Gasteiger partial charge < -0.3 is 14.2 Å². The normalized spacial score (nSPS) is 16.6. The summed E-state index contributed by atoms with van der Waals surface area (Å²) in [6, 6.07) is 18.8. The van der Waals surface area contributed by atoms with E-state index >= 15 is 0 Å². The highest BCUT2D eigenvalue weighted by Crippen LogP contribution is 2.50. The summed E-state index contributed by atoms with van der Waals surface area (Å²) in [5, 5.41) is 3.39. The van der Waals surface area contributed by atoms with Gasteiger partial charge in [-0.3, -0.25) is 0 Å². The lowest BCUT2D eigenvalue weighted by Crippen LogP contribution is -2.33. The van der Waals surface area contributed by atoms with Gasteiger partial charge in [0.25, 0.3) is 5.01 Å². The maximum absolute atomic E-state index is 10.4. The molecule has 0 amide bonds. The second-order valence-corrected chi connectivity index (χ2v) is 15.9. The highest BCUT2D eigenvalue weighted by atomic mass is 35.5. The molecule has 0 N–H and O–H groups in total. The lowest BCUT2D eigenvalue weighted by atomic mass is 9.94. The Morgan fingerprint density at radius 3 is 2.48 bits per heavy atom. The van der Waals surface area contributed by atoms with Gasteiger partial charge in [0.1, 0.15) is 27.1 Å². The van der Waals surface area contributed by atoms with E-state index in [9.17, 15) is 13.0 Å². The van der Waals surface area contributed by atoms with Gasteiger partial charge in [0.2, 0.25) is 5.52 Å². The van der Waals surface area contributed by atoms with Crippen LogP contribution in [0, 0.1) is 6.92 Å². The number of benzene rings is 3. The van der Waals surface area contributed by atoms with E-state index < -0.39 is 10.1 Å². The minimum absolute atomic E-state index is 0.178. The number of fused-ring (bicyclic) bond motifs is 2. The zero-order chi connectivity index (χ0) is 34.4. The van der Waals surface area contributed by atoms with E-state index in [2.05, 4.69) is 90.3 Å². The van der Waals surface area contributed by atoms with Crippen molar-refractivity contribution in [2.45, 2.75) is 61.3 Å². The number of anilines is 1. The summed E-state index contributed by atoms with van der Waals surface area (Å²) < 4.78 is 40.5. The molecule has 1 aromatic heterocycles. The van der Waals surface area contributed by atoms with E-state index in [1.807, 2.05) is 30.0 Å². The van der Waals surface area contributed by atoms with Crippen molar-refractivity contribution < 1.29 is 22.3 Å². The van der Waals surface area contributed by atoms with Crippen LogP contribution in [0.25, 0.3) is 16.3 Å². The van der Waals surface area contributed by atoms with Crippen molar-refractivity contribution in [3.8, 4) is 5.75 Å². The Morgan fingerprint density at radius 1 is 1.06 bits per heavy atom. The molecular formula is C37H39ClN2O4S4. The summed E-state index contributed by atoms with van der Waals surface area (Å²) in [7, 11) is -2.53. The molecule has 1 aliphatic heterocycles. The molecule has 0 fully saturated rings. The van der Waals surface area contributed by atoms with Crippen LogP contribution in [-0.4, -0.2) is 32.9 Å². The Morgan fingerprint density at radius 2 is 1.81 bits per heavy atom. The van der Waals surface area contributed by atoms with Gasteiger partial charge in [0.15, 0.2) is 0 Å². The van der Waals surface area contributed by atoms with Gasteiger partial charge in [-0.1, -0.05) is 76.7 Å². The quantitative estimate of drug-likeness (QED) is 0.101. The summed E-state index contributed by atoms with van der Waals surface area (Å²) >= 11 is 12.4. The third-order valence-electron chi connectivity index (χ3n) is 8.13. The second kappa shape index (κ2) is 16.1. The molecule has 6 rings (SSSR count). The first-order valence-electron chi connectivity index (χ1n) is 15.7. The molecule has 3 aromatic carbocycles. The zero-order valence-corrected chi connectivity index (χ0v) is 31.7. The molecule has 0 atom stereocenters. The van der Waals surface area contributed by atoms with Crippen LogP contribution in [-0.2, 0) is 16.7 Å². The monoisotopic (exact) mass is 738 g/mol. The van der Waals surface area contributed by atoms with Crippen molar-refractivity contribution in [3.63, 3.8) is 0 Å². The number of allylic oxidation sites excluding steroid dienone is 6. The minimum Gasteiger partial charge on any atom is -0.744 e. The first-order chi connectivity index (χ1) is 23.1. The van der Waals surface area contributed by atoms with Crippen molar-refractivity contribution >= 4 is 78.6 Å². The van der Waals surface area contributed by atoms with Crippen molar-refractivity contribution in [2.75, 3.05) is 24.8 Å². The van der Waals surface area contributed by atoms with Gasteiger partial charge in [0, 0.05) is 34.7 Å². The highest BCUT2D eigenvalue weighted by molar-refractivity contribution is 8.03. The maximum atomic E-state index is 10.4. The van der Waals surface area contributed by atoms with Gasteiger partial charge in [-0.25, -0.2) is 8.42 Å². The summed E-state index contributed by atoms with van der Waals surface area (Å²) in [5.41, 5.74) is 5.88. The molecule has 0 bridgehead atoms. The topological polar surface area (TPSA) is 73.5 Å². The number of ether oxygens (including phenoxy) is 1. The largest absolute Gasteiger partial charge is 0.744 e. The fraction of sp³-hybridized carbons (Fsp3) is 0.270. The number of aryl methyl sites for hydroxylation is 2. The number of hydrogen-bond acceptors (Lipinski definition) is 8. The van der Waals surface area contributed by atoms with Crippen LogP contribution < -0.4 is 14.2 Å². The zero-order valence-electron chi connectivity index (χ0n) is 27.7. The van der Waals surface area contributed by atoms with E-state index in [1.165, 1.54) is 59.0 Å². The van der Waals surface area contributed by atoms with Gasteiger partial charge >= 0.3 is 0 Å². The number of hydrogen-bond donors (Lipinski definition) is 0. The molecule has 1 aliphatic carbocycles. The van der Waals surface area contributed by atoms with Gasteiger partial charge in [-0.15, -0.1) is 11.8 Å².